The molecule has 3 aromatic rings. The minimum atomic E-state index is -0.395. The number of anilines is 1. The van der Waals surface area contributed by atoms with Gasteiger partial charge in [0.15, 0.2) is 0 Å². The van der Waals surface area contributed by atoms with E-state index in [1.165, 1.54) is 17.8 Å². The number of thiophene rings is 1. The molecule has 32 heavy (non-hydrogen) atoms. The van der Waals surface area contributed by atoms with Crippen LogP contribution in [0.1, 0.15) is 30.6 Å². The van der Waals surface area contributed by atoms with Gasteiger partial charge in [-0.25, -0.2) is 9.97 Å². The van der Waals surface area contributed by atoms with Crippen molar-refractivity contribution in [2.45, 2.75) is 25.2 Å². The topological polar surface area (TPSA) is 92.5 Å². The molecule has 2 aromatic heterocycles. The first-order chi connectivity index (χ1) is 15.4. The van der Waals surface area contributed by atoms with Crippen molar-refractivity contribution in [1.29, 1.82) is 0 Å². The molecule has 4 rings (SSSR count). The Morgan fingerprint density at radius 3 is 2.72 bits per heavy atom. The highest BCUT2D eigenvalue weighted by Crippen LogP contribution is 2.32. The lowest BCUT2D eigenvalue weighted by molar-refractivity contribution is -0.387. The predicted molar refractivity (Wildman–Crippen MR) is 129 cm³/mol. The summed E-state index contributed by atoms with van der Waals surface area (Å²) in [6.45, 7) is 6.63. The number of hydrogen-bond donors (Lipinski definition) is 0. The molecule has 0 saturated carbocycles. The van der Waals surface area contributed by atoms with Crippen molar-refractivity contribution in [3.63, 3.8) is 0 Å². The minimum Gasteiger partial charge on any atom is -0.352 e. The van der Waals surface area contributed by atoms with Gasteiger partial charge < -0.3 is 9.80 Å². The molecule has 8 nitrogen and oxygen atoms in total. The van der Waals surface area contributed by atoms with E-state index in [0.29, 0.717) is 42.6 Å². The van der Waals surface area contributed by atoms with Crippen LogP contribution in [0.2, 0.25) is 0 Å². The van der Waals surface area contributed by atoms with Gasteiger partial charge in [-0.05, 0) is 41.7 Å². The third-order valence-corrected chi connectivity index (χ3v) is 7.38. The van der Waals surface area contributed by atoms with Crippen molar-refractivity contribution in [3.8, 4) is 0 Å². The average Bonchev–Trinajstić information content (AvgIpc) is 3.27. The Bertz CT molecular complexity index is 1130. The van der Waals surface area contributed by atoms with Crippen molar-refractivity contribution in [1.82, 2.24) is 14.9 Å². The lowest BCUT2D eigenvalue weighted by Crippen LogP contribution is -2.49. The third kappa shape index (κ3) is 4.86. The number of thioether (sulfide) groups is 1. The molecule has 0 N–H and O–H groups in total. The van der Waals surface area contributed by atoms with Gasteiger partial charge >= 0.3 is 0 Å². The minimum absolute atomic E-state index is 0.00378. The quantitative estimate of drug-likeness (QED) is 0.280. The molecule has 1 aliphatic heterocycles. The second-order valence-corrected chi connectivity index (χ2v) is 10.1. The van der Waals surface area contributed by atoms with Crippen molar-refractivity contribution in [3.05, 3.63) is 51.7 Å². The van der Waals surface area contributed by atoms with Gasteiger partial charge in [-0.3, -0.25) is 14.9 Å². The van der Waals surface area contributed by atoms with Gasteiger partial charge in [-0.15, -0.1) is 23.1 Å². The highest BCUT2D eigenvalue weighted by atomic mass is 32.2. The number of nitro benzene ring substituents is 1. The molecular formula is C22H25N5O3S2. The van der Waals surface area contributed by atoms with Crippen molar-refractivity contribution in [2.75, 3.05) is 36.8 Å². The molecule has 3 heterocycles. The highest BCUT2D eigenvalue weighted by molar-refractivity contribution is 7.99. The van der Waals surface area contributed by atoms with Gasteiger partial charge in [-0.1, -0.05) is 13.8 Å². The lowest BCUT2D eigenvalue weighted by Gasteiger charge is -2.35. The maximum atomic E-state index is 13.1. The van der Waals surface area contributed by atoms with Crippen LogP contribution >= 0.6 is 23.1 Å². The molecule has 0 atom stereocenters. The Balaban J connectivity index is 1.44. The maximum absolute atomic E-state index is 13.1. The van der Waals surface area contributed by atoms with Crippen molar-refractivity contribution in [2.24, 2.45) is 5.92 Å². The van der Waals surface area contributed by atoms with E-state index >= 15 is 0 Å². The summed E-state index contributed by atoms with van der Waals surface area (Å²) in [5, 5.41) is 14.6. The molecule has 0 radical (unpaired) electrons. The van der Waals surface area contributed by atoms with Crippen LogP contribution in [0.15, 0.2) is 40.9 Å². The first kappa shape index (κ1) is 22.5. The number of aromatic nitrogens is 2. The number of hydrogen-bond acceptors (Lipinski definition) is 8. The SMILES string of the molecule is CC(C)CCSc1ccc(C(=O)N2CCN(c3ncnc4sccc34)CC2)cc1[N+](=O)[O-]. The second kappa shape index (κ2) is 9.83. The predicted octanol–water partition coefficient (Wildman–Crippen LogP) is 4.70. The van der Waals surface area contributed by atoms with Gasteiger partial charge in [-0.2, -0.15) is 0 Å². The zero-order valence-corrected chi connectivity index (χ0v) is 19.7. The fourth-order valence-electron chi connectivity index (χ4n) is 3.65. The van der Waals surface area contributed by atoms with Crippen LogP contribution in [0.4, 0.5) is 11.5 Å². The zero-order chi connectivity index (χ0) is 22.7. The van der Waals surface area contributed by atoms with E-state index in [0.717, 1.165) is 28.2 Å². The van der Waals surface area contributed by atoms with Gasteiger partial charge in [0.05, 0.1) is 15.2 Å². The van der Waals surface area contributed by atoms with Crippen molar-refractivity contribution >= 4 is 50.7 Å². The Labute approximate surface area is 194 Å². The summed E-state index contributed by atoms with van der Waals surface area (Å²) < 4.78 is 0. The van der Waals surface area contributed by atoms with Gasteiger partial charge in [0.25, 0.3) is 11.6 Å². The molecule has 0 unspecified atom stereocenters. The lowest BCUT2D eigenvalue weighted by atomic mass is 10.1. The van der Waals surface area contributed by atoms with E-state index in [4.69, 9.17) is 0 Å². The fraction of sp³-hybridized carbons (Fsp3) is 0.409. The Morgan fingerprint density at radius 2 is 2.00 bits per heavy atom. The zero-order valence-electron chi connectivity index (χ0n) is 18.1. The van der Waals surface area contributed by atoms with Crippen LogP contribution in [-0.4, -0.2) is 57.6 Å². The highest BCUT2D eigenvalue weighted by Gasteiger charge is 2.26. The molecule has 0 spiro atoms. The van der Waals surface area contributed by atoms with Crippen LogP contribution in [-0.2, 0) is 0 Å². The van der Waals surface area contributed by atoms with Crippen LogP contribution in [0.3, 0.4) is 0 Å². The molecule has 168 valence electrons. The fourth-order valence-corrected chi connectivity index (χ4v) is 5.63. The number of carbonyl (C=O) groups excluding carboxylic acids is 1. The number of nitrogens with zero attached hydrogens (tertiary/aromatic N) is 5. The molecule has 1 aromatic carbocycles. The monoisotopic (exact) mass is 471 g/mol. The Hall–Kier alpha value is -2.72. The molecule has 1 saturated heterocycles. The number of benzene rings is 1. The van der Waals surface area contributed by atoms with Crippen LogP contribution < -0.4 is 4.90 Å². The summed E-state index contributed by atoms with van der Waals surface area (Å²) in [4.78, 5) is 38.5. The summed E-state index contributed by atoms with van der Waals surface area (Å²) in [6.07, 6.45) is 2.56. The average molecular weight is 472 g/mol. The van der Waals surface area contributed by atoms with E-state index in [2.05, 4.69) is 28.7 Å². The van der Waals surface area contributed by atoms with Gasteiger partial charge in [0.1, 0.15) is 17.0 Å². The molecule has 0 bridgehead atoms. The van der Waals surface area contributed by atoms with Crippen LogP contribution in [0.25, 0.3) is 10.2 Å². The number of fused-ring (bicyclic) bond motifs is 1. The normalized spacial score (nSPS) is 14.3. The smallest absolute Gasteiger partial charge is 0.283 e. The first-order valence-electron chi connectivity index (χ1n) is 10.6. The number of carbonyl (C=O) groups is 1. The van der Waals surface area contributed by atoms with E-state index in [9.17, 15) is 14.9 Å². The van der Waals surface area contributed by atoms with Crippen LogP contribution in [0, 0.1) is 16.0 Å². The summed E-state index contributed by atoms with van der Waals surface area (Å²) in [5.41, 5.74) is 0.365. The summed E-state index contributed by atoms with van der Waals surface area (Å²) in [7, 11) is 0. The summed E-state index contributed by atoms with van der Waals surface area (Å²) in [6, 6.07) is 6.86. The number of rotatable bonds is 7. The molecule has 0 aliphatic carbocycles. The maximum Gasteiger partial charge on any atom is 0.283 e. The molecule has 1 aliphatic rings. The number of nitro groups is 1. The largest absolute Gasteiger partial charge is 0.352 e. The van der Waals surface area contributed by atoms with E-state index < -0.39 is 4.92 Å². The van der Waals surface area contributed by atoms with Gasteiger partial charge in [0.2, 0.25) is 0 Å². The van der Waals surface area contributed by atoms with E-state index in [1.807, 2.05) is 11.4 Å². The second-order valence-electron chi connectivity index (χ2n) is 8.09. The van der Waals surface area contributed by atoms with Crippen molar-refractivity contribution < 1.29 is 9.72 Å². The van der Waals surface area contributed by atoms with E-state index in [-0.39, 0.29) is 11.6 Å². The molecular weight excluding hydrogens is 446 g/mol. The molecule has 1 fully saturated rings. The van der Waals surface area contributed by atoms with Gasteiger partial charge in [0, 0.05) is 37.8 Å². The summed E-state index contributed by atoms with van der Waals surface area (Å²) >= 11 is 3.05. The summed E-state index contributed by atoms with van der Waals surface area (Å²) in [5.74, 6) is 2.07. The Morgan fingerprint density at radius 1 is 1.22 bits per heavy atom. The molecule has 10 heteroatoms. The molecule has 1 amide bonds. The van der Waals surface area contributed by atoms with E-state index in [1.54, 1.807) is 34.7 Å². The number of amides is 1. The first-order valence-corrected chi connectivity index (χ1v) is 12.4. The third-order valence-electron chi connectivity index (χ3n) is 5.46. The standard InChI is InChI=1S/C22H25N5O3S2/c1-15(2)5-11-31-19-4-3-16(13-18(19)27(29)30)22(28)26-9-7-25(8-10-26)20-17-6-12-32-21(17)24-14-23-20/h3-4,6,12-15H,5,7-11H2,1-2H3. The number of piperazine rings is 1. The van der Waals surface area contributed by atoms with Crippen LogP contribution in [0.5, 0.6) is 0 Å². The Kier molecular flexibility index (Phi) is 6.90.